The first-order valence-corrected chi connectivity index (χ1v) is 7.18. The molecule has 4 heteroatoms. The van der Waals surface area contributed by atoms with Gasteiger partial charge in [-0.2, -0.15) is 0 Å². The Morgan fingerprint density at radius 2 is 2.10 bits per heavy atom. The van der Waals surface area contributed by atoms with Crippen molar-refractivity contribution in [2.75, 3.05) is 11.9 Å². The Morgan fingerprint density at radius 3 is 2.90 bits per heavy atom. The predicted octanol–water partition coefficient (Wildman–Crippen LogP) is 3.78. The molecule has 0 aromatic heterocycles. The second kappa shape index (κ2) is 5.82. The first kappa shape index (κ1) is 14.0. The Balaban J connectivity index is 1.72. The van der Waals surface area contributed by atoms with E-state index in [0.717, 1.165) is 19.0 Å². The van der Waals surface area contributed by atoms with Gasteiger partial charge in [0.15, 0.2) is 0 Å². The van der Waals surface area contributed by atoms with E-state index in [9.17, 15) is 8.78 Å². The molecule has 0 aliphatic carbocycles. The molecule has 0 saturated heterocycles. The van der Waals surface area contributed by atoms with Gasteiger partial charge in [-0.25, -0.2) is 8.78 Å². The van der Waals surface area contributed by atoms with Gasteiger partial charge in [-0.3, -0.25) is 0 Å². The monoisotopic (exact) mass is 288 g/mol. The SMILES string of the molecule is CC(NCc1cccc2c1NCC2)c1ccc(F)cc1F. The van der Waals surface area contributed by atoms with Crippen LogP contribution in [0, 0.1) is 11.6 Å². The van der Waals surface area contributed by atoms with Gasteiger partial charge in [0.25, 0.3) is 0 Å². The van der Waals surface area contributed by atoms with Gasteiger partial charge in [-0.05, 0) is 30.5 Å². The van der Waals surface area contributed by atoms with E-state index in [1.807, 2.05) is 13.0 Å². The summed E-state index contributed by atoms with van der Waals surface area (Å²) in [7, 11) is 0. The number of para-hydroxylation sites is 1. The summed E-state index contributed by atoms with van der Waals surface area (Å²) < 4.78 is 26.7. The molecule has 0 fully saturated rings. The Bertz CT molecular complexity index is 655. The Labute approximate surface area is 123 Å². The van der Waals surface area contributed by atoms with Crippen LogP contribution in [0.25, 0.3) is 0 Å². The first-order valence-electron chi connectivity index (χ1n) is 7.18. The van der Waals surface area contributed by atoms with Crippen LogP contribution in [0.2, 0.25) is 0 Å². The van der Waals surface area contributed by atoms with Crippen LogP contribution in [0.1, 0.15) is 29.7 Å². The highest BCUT2D eigenvalue weighted by Gasteiger charge is 2.15. The maximum absolute atomic E-state index is 13.8. The van der Waals surface area contributed by atoms with Crippen molar-refractivity contribution < 1.29 is 8.78 Å². The van der Waals surface area contributed by atoms with Crippen LogP contribution in [0.15, 0.2) is 36.4 Å². The molecule has 1 unspecified atom stereocenters. The number of fused-ring (bicyclic) bond motifs is 1. The van der Waals surface area contributed by atoms with E-state index in [1.165, 1.54) is 28.9 Å². The van der Waals surface area contributed by atoms with Gasteiger partial charge in [-0.15, -0.1) is 0 Å². The van der Waals surface area contributed by atoms with Crippen molar-refractivity contribution in [2.24, 2.45) is 0 Å². The number of anilines is 1. The van der Waals surface area contributed by atoms with Crippen molar-refractivity contribution in [3.05, 3.63) is 64.7 Å². The van der Waals surface area contributed by atoms with Crippen LogP contribution in [0.3, 0.4) is 0 Å². The Morgan fingerprint density at radius 1 is 1.24 bits per heavy atom. The fourth-order valence-corrected chi connectivity index (χ4v) is 2.78. The summed E-state index contributed by atoms with van der Waals surface area (Å²) in [6.07, 6.45) is 1.05. The summed E-state index contributed by atoms with van der Waals surface area (Å²) in [5.41, 5.74) is 4.18. The normalized spacial score (nSPS) is 14.6. The van der Waals surface area contributed by atoms with Crippen molar-refractivity contribution in [2.45, 2.75) is 25.9 Å². The third kappa shape index (κ3) is 2.90. The third-order valence-electron chi connectivity index (χ3n) is 3.96. The van der Waals surface area contributed by atoms with E-state index in [4.69, 9.17) is 0 Å². The molecule has 1 heterocycles. The second-order valence-electron chi connectivity index (χ2n) is 5.40. The average molecular weight is 288 g/mol. The third-order valence-corrected chi connectivity index (χ3v) is 3.96. The maximum Gasteiger partial charge on any atom is 0.130 e. The van der Waals surface area contributed by atoms with Gasteiger partial charge < -0.3 is 10.6 Å². The van der Waals surface area contributed by atoms with E-state index < -0.39 is 11.6 Å². The summed E-state index contributed by atoms with van der Waals surface area (Å²) in [4.78, 5) is 0. The number of rotatable bonds is 4. The van der Waals surface area contributed by atoms with Crippen molar-refractivity contribution >= 4 is 5.69 Å². The van der Waals surface area contributed by atoms with E-state index in [2.05, 4.69) is 22.8 Å². The van der Waals surface area contributed by atoms with Gasteiger partial charge >= 0.3 is 0 Å². The molecule has 0 bridgehead atoms. The molecular formula is C17H18F2N2. The highest BCUT2D eigenvalue weighted by molar-refractivity contribution is 5.61. The molecule has 2 N–H and O–H groups in total. The predicted molar refractivity (Wildman–Crippen MR) is 80.2 cm³/mol. The molecule has 0 spiro atoms. The quantitative estimate of drug-likeness (QED) is 0.894. The van der Waals surface area contributed by atoms with Crippen molar-refractivity contribution in [3.63, 3.8) is 0 Å². The Hall–Kier alpha value is -1.94. The van der Waals surface area contributed by atoms with Crippen LogP contribution in [-0.2, 0) is 13.0 Å². The van der Waals surface area contributed by atoms with Crippen LogP contribution < -0.4 is 10.6 Å². The molecule has 2 aromatic rings. The molecule has 0 saturated carbocycles. The molecule has 2 aromatic carbocycles. The lowest BCUT2D eigenvalue weighted by Crippen LogP contribution is -2.19. The zero-order valence-electron chi connectivity index (χ0n) is 11.9. The molecule has 1 aliphatic heterocycles. The summed E-state index contributed by atoms with van der Waals surface area (Å²) in [5.74, 6) is -1.06. The number of benzene rings is 2. The molecule has 110 valence electrons. The minimum atomic E-state index is -0.548. The van der Waals surface area contributed by atoms with Gasteiger partial charge in [-0.1, -0.05) is 24.3 Å². The minimum Gasteiger partial charge on any atom is -0.384 e. The molecule has 1 atom stereocenters. The maximum atomic E-state index is 13.8. The van der Waals surface area contributed by atoms with Crippen molar-refractivity contribution in [1.82, 2.24) is 5.32 Å². The summed E-state index contributed by atoms with van der Waals surface area (Å²) in [6.45, 7) is 3.50. The number of halogens is 2. The zero-order chi connectivity index (χ0) is 14.8. The van der Waals surface area contributed by atoms with E-state index in [1.54, 1.807) is 0 Å². The van der Waals surface area contributed by atoms with E-state index in [-0.39, 0.29) is 6.04 Å². The molecule has 3 rings (SSSR count). The lowest BCUT2D eigenvalue weighted by atomic mass is 10.1. The van der Waals surface area contributed by atoms with Crippen LogP contribution in [0.5, 0.6) is 0 Å². The molecular weight excluding hydrogens is 270 g/mol. The zero-order valence-corrected chi connectivity index (χ0v) is 11.9. The molecule has 2 nitrogen and oxygen atoms in total. The number of hydrogen-bond donors (Lipinski definition) is 2. The molecule has 1 aliphatic rings. The number of nitrogens with one attached hydrogen (secondary N) is 2. The fraction of sp³-hybridized carbons (Fsp3) is 0.294. The van der Waals surface area contributed by atoms with E-state index >= 15 is 0 Å². The summed E-state index contributed by atoms with van der Waals surface area (Å²) in [6, 6.07) is 9.78. The minimum absolute atomic E-state index is 0.178. The highest BCUT2D eigenvalue weighted by atomic mass is 19.1. The standard InChI is InChI=1S/C17H18F2N2/c1-11(15-6-5-14(18)9-16(15)19)21-10-13-4-2-3-12-7-8-20-17(12)13/h2-6,9,11,20-21H,7-8,10H2,1H3. The highest BCUT2D eigenvalue weighted by Crippen LogP contribution is 2.27. The summed E-state index contributed by atoms with van der Waals surface area (Å²) >= 11 is 0. The van der Waals surface area contributed by atoms with E-state index in [0.29, 0.717) is 12.1 Å². The largest absolute Gasteiger partial charge is 0.384 e. The smallest absolute Gasteiger partial charge is 0.130 e. The first-order chi connectivity index (χ1) is 10.1. The van der Waals surface area contributed by atoms with Crippen LogP contribution >= 0.6 is 0 Å². The van der Waals surface area contributed by atoms with Crippen molar-refractivity contribution in [1.29, 1.82) is 0 Å². The molecule has 0 amide bonds. The number of hydrogen-bond acceptors (Lipinski definition) is 2. The fourth-order valence-electron chi connectivity index (χ4n) is 2.78. The lowest BCUT2D eigenvalue weighted by Gasteiger charge is -2.17. The second-order valence-corrected chi connectivity index (χ2v) is 5.40. The van der Waals surface area contributed by atoms with Gasteiger partial charge in [0.1, 0.15) is 11.6 Å². The van der Waals surface area contributed by atoms with Gasteiger partial charge in [0.2, 0.25) is 0 Å². The Kier molecular flexibility index (Phi) is 3.88. The van der Waals surface area contributed by atoms with Crippen LogP contribution in [0.4, 0.5) is 14.5 Å². The lowest BCUT2D eigenvalue weighted by molar-refractivity contribution is 0.518. The van der Waals surface area contributed by atoms with Gasteiger partial charge in [0.05, 0.1) is 0 Å². The average Bonchev–Trinajstić information content (AvgIpc) is 2.93. The summed E-state index contributed by atoms with van der Waals surface area (Å²) in [5, 5.41) is 6.69. The van der Waals surface area contributed by atoms with Gasteiger partial charge in [0, 0.05) is 36.4 Å². The molecule has 21 heavy (non-hydrogen) atoms. The van der Waals surface area contributed by atoms with Crippen molar-refractivity contribution in [3.8, 4) is 0 Å². The van der Waals surface area contributed by atoms with Crippen LogP contribution in [-0.4, -0.2) is 6.54 Å². The topological polar surface area (TPSA) is 24.1 Å². The molecule has 0 radical (unpaired) electrons.